The fourth-order valence-electron chi connectivity index (χ4n) is 2.59. The van der Waals surface area contributed by atoms with Gasteiger partial charge >= 0.3 is 0 Å². The van der Waals surface area contributed by atoms with E-state index in [4.69, 9.17) is 0 Å². The Balaban J connectivity index is 1.69. The summed E-state index contributed by atoms with van der Waals surface area (Å²) in [5.41, 5.74) is 1.59. The van der Waals surface area contributed by atoms with Crippen molar-refractivity contribution < 1.29 is 14.0 Å². The van der Waals surface area contributed by atoms with Gasteiger partial charge in [0, 0.05) is 24.8 Å². The first-order valence-corrected chi connectivity index (χ1v) is 7.32. The van der Waals surface area contributed by atoms with Crippen molar-refractivity contribution in [1.29, 1.82) is 0 Å². The summed E-state index contributed by atoms with van der Waals surface area (Å²) in [6, 6.07) is 9.28. The third-order valence-electron chi connectivity index (χ3n) is 3.80. The van der Waals surface area contributed by atoms with E-state index in [1.165, 1.54) is 29.2 Å². The van der Waals surface area contributed by atoms with Gasteiger partial charge in [-0.15, -0.1) is 0 Å². The summed E-state index contributed by atoms with van der Waals surface area (Å²) in [5.74, 6) is -0.715. The first-order chi connectivity index (χ1) is 11.0. The molecule has 1 saturated heterocycles. The average Bonchev–Trinajstić information content (AvgIpc) is 2.90. The second-order valence-corrected chi connectivity index (χ2v) is 5.59. The number of nitrogens with one attached hydrogen (secondary N) is 1. The molecule has 2 amide bonds. The molecule has 0 spiro atoms. The van der Waals surface area contributed by atoms with Gasteiger partial charge < -0.3 is 10.2 Å². The highest BCUT2D eigenvalue weighted by Crippen LogP contribution is 2.26. The first-order valence-electron chi connectivity index (χ1n) is 7.32. The van der Waals surface area contributed by atoms with Gasteiger partial charge in [0.2, 0.25) is 11.8 Å². The Morgan fingerprint density at radius 3 is 2.74 bits per heavy atom. The summed E-state index contributed by atoms with van der Waals surface area (Å²) >= 11 is 0. The van der Waals surface area contributed by atoms with Crippen molar-refractivity contribution in [2.45, 2.75) is 13.3 Å². The number of nitrogens with zero attached hydrogens (tertiary/aromatic N) is 2. The number of aryl methyl sites for hydroxylation is 1. The van der Waals surface area contributed by atoms with E-state index in [9.17, 15) is 14.0 Å². The molecule has 0 aliphatic carbocycles. The van der Waals surface area contributed by atoms with Gasteiger partial charge in [0.15, 0.2) is 0 Å². The van der Waals surface area contributed by atoms with Gasteiger partial charge in [-0.1, -0.05) is 0 Å². The van der Waals surface area contributed by atoms with Crippen molar-refractivity contribution in [1.82, 2.24) is 4.98 Å². The number of anilines is 2. The van der Waals surface area contributed by atoms with Crippen molar-refractivity contribution in [3.05, 3.63) is 54.0 Å². The predicted octanol–water partition coefficient (Wildman–Crippen LogP) is 2.52. The molecular formula is C17H16FN3O2. The molecule has 118 valence electrons. The zero-order valence-electron chi connectivity index (χ0n) is 12.6. The molecule has 1 N–H and O–H groups in total. The largest absolute Gasteiger partial charge is 0.312 e. The van der Waals surface area contributed by atoms with Crippen LogP contribution in [0.25, 0.3) is 0 Å². The lowest BCUT2D eigenvalue weighted by atomic mass is 10.1. The van der Waals surface area contributed by atoms with Crippen LogP contribution in [0.2, 0.25) is 0 Å². The second-order valence-electron chi connectivity index (χ2n) is 5.59. The lowest BCUT2D eigenvalue weighted by Gasteiger charge is -2.16. The highest BCUT2D eigenvalue weighted by Gasteiger charge is 2.35. The summed E-state index contributed by atoms with van der Waals surface area (Å²) in [7, 11) is 0. The lowest BCUT2D eigenvalue weighted by molar-refractivity contribution is -0.122. The number of rotatable bonds is 3. The summed E-state index contributed by atoms with van der Waals surface area (Å²) < 4.78 is 13.0. The van der Waals surface area contributed by atoms with Crippen LogP contribution in [-0.4, -0.2) is 23.3 Å². The van der Waals surface area contributed by atoms with E-state index >= 15 is 0 Å². The highest BCUT2D eigenvalue weighted by molar-refractivity contribution is 6.03. The molecule has 3 rings (SSSR count). The lowest BCUT2D eigenvalue weighted by Crippen LogP contribution is -2.28. The van der Waals surface area contributed by atoms with Crippen molar-refractivity contribution in [2.75, 3.05) is 16.8 Å². The third kappa shape index (κ3) is 3.36. The fourth-order valence-corrected chi connectivity index (χ4v) is 2.59. The Labute approximate surface area is 133 Å². The molecule has 1 atom stereocenters. The monoisotopic (exact) mass is 313 g/mol. The summed E-state index contributed by atoms with van der Waals surface area (Å²) in [6.45, 7) is 2.19. The Kier molecular flexibility index (Phi) is 4.06. The Bertz CT molecular complexity index is 746. The van der Waals surface area contributed by atoms with Gasteiger partial charge in [-0.05, 0) is 48.9 Å². The molecule has 0 saturated carbocycles. The van der Waals surface area contributed by atoms with Crippen LogP contribution in [0.15, 0.2) is 42.6 Å². The van der Waals surface area contributed by atoms with Crippen LogP contribution in [0, 0.1) is 18.7 Å². The summed E-state index contributed by atoms with van der Waals surface area (Å²) in [4.78, 5) is 30.0. The van der Waals surface area contributed by atoms with Gasteiger partial charge in [-0.2, -0.15) is 0 Å². The first kappa shape index (κ1) is 15.1. The number of aromatic nitrogens is 1. The number of halogens is 1. The molecule has 1 aromatic heterocycles. The van der Waals surface area contributed by atoms with Gasteiger partial charge in [0.1, 0.15) is 11.6 Å². The molecule has 5 nitrogen and oxygen atoms in total. The maximum atomic E-state index is 13.0. The highest BCUT2D eigenvalue weighted by atomic mass is 19.1. The standard InChI is InChI=1S/C17H16FN3O2/c1-11-6-7-19-15(8-11)20-17(23)12-9-16(22)21(10-12)14-4-2-13(18)3-5-14/h2-8,12H,9-10H2,1H3,(H,19,20,23)/t12-/m1/s1. The van der Waals surface area contributed by atoms with E-state index in [0.717, 1.165) is 5.56 Å². The SMILES string of the molecule is Cc1ccnc(NC(=O)[C@@H]2CC(=O)N(c3ccc(F)cc3)C2)c1. The molecule has 2 heterocycles. The maximum Gasteiger partial charge on any atom is 0.230 e. The molecular weight excluding hydrogens is 297 g/mol. The van der Waals surface area contributed by atoms with Crippen LogP contribution >= 0.6 is 0 Å². The van der Waals surface area contributed by atoms with E-state index in [0.29, 0.717) is 11.5 Å². The topological polar surface area (TPSA) is 62.3 Å². The Hall–Kier alpha value is -2.76. The van der Waals surface area contributed by atoms with Crippen LogP contribution in [0.3, 0.4) is 0 Å². The second kappa shape index (κ2) is 6.16. The molecule has 1 aliphatic heterocycles. The number of carbonyl (C=O) groups is 2. The van der Waals surface area contributed by atoms with Crippen LogP contribution in [0.4, 0.5) is 15.9 Å². The molecule has 0 radical (unpaired) electrons. The van der Waals surface area contributed by atoms with E-state index < -0.39 is 5.92 Å². The van der Waals surface area contributed by atoms with Gasteiger partial charge in [0.05, 0.1) is 5.92 Å². The molecule has 0 bridgehead atoms. The summed E-state index contributed by atoms with van der Waals surface area (Å²) in [6.07, 6.45) is 1.75. The Morgan fingerprint density at radius 1 is 1.30 bits per heavy atom. The molecule has 1 aromatic carbocycles. The average molecular weight is 313 g/mol. The van der Waals surface area contributed by atoms with Crippen molar-refractivity contribution in [3.63, 3.8) is 0 Å². The zero-order valence-corrected chi connectivity index (χ0v) is 12.6. The van der Waals surface area contributed by atoms with E-state index in [1.807, 2.05) is 13.0 Å². The van der Waals surface area contributed by atoms with E-state index in [2.05, 4.69) is 10.3 Å². The van der Waals surface area contributed by atoms with Gasteiger partial charge in [-0.25, -0.2) is 9.37 Å². The smallest absolute Gasteiger partial charge is 0.230 e. The number of hydrogen-bond acceptors (Lipinski definition) is 3. The zero-order chi connectivity index (χ0) is 16.4. The number of benzene rings is 1. The molecule has 0 unspecified atom stereocenters. The molecule has 1 fully saturated rings. The number of carbonyl (C=O) groups excluding carboxylic acids is 2. The molecule has 2 aromatic rings. The molecule has 1 aliphatic rings. The molecule has 6 heteroatoms. The number of hydrogen-bond donors (Lipinski definition) is 1. The van der Waals surface area contributed by atoms with Crippen LogP contribution in [0.1, 0.15) is 12.0 Å². The minimum absolute atomic E-state index is 0.134. The van der Waals surface area contributed by atoms with Crippen molar-refractivity contribution >= 4 is 23.3 Å². The number of amides is 2. The van der Waals surface area contributed by atoms with Crippen molar-refractivity contribution in [3.8, 4) is 0 Å². The normalized spacial score (nSPS) is 17.4. The predicted molar refractivity (Wildman–Crippen MR) is 84.5 cm³/mol. The van der Waals surface area contributed by atoms with Gasteiger partial charge in [0.25, 0.3) is 0 Å². The summed E-state index contributed by atoms with van der Waals surface area (Å²) in [5, 5.41) is 2.74. The fraction of sp³-hybridized carbons (Fsp3) is 0.235. The minimum atomic E-state index is -0.449. The van der Waals surface area contributed by atoms with Crippen LogP contribution < -0.4 is 10.2 Å². The van der Waals surface area contributed by atoms with Gasteiger partial charge in [-0.3, -0.25) is 9.59 Å². The van der Waals surface area contributed by atoms with E-state index in [-0.39, 0.29) is 30.6 Å². The van der Waals surface area contributed by atoms with Crippen LogP contribution in [0.5, 0.6) is 0 Å². The van der Waals surface area contributed by atoms with Crippen LogP contribution in [-0.2, 0) is 9.59 Å². The third-order valence-corrected chi connectivity index (χ3v) is 3.80. The molecule has 23 heavy (non-hydrogen) atoms. The Morgan fingerprint density at radius 2 is 2.04 bits per heavy atom. The van der Waals surface area contributed by atoms with Crippen molar-refractivity contribution in [2.24, 2.45) is 5.92 Å². The minimum Gasteiger partial charge on any atom is -0.312 e. The quantitative estimate of drug-likeness (QED) is 0.947. The van der Waals surface area contributed by atoms with E-state index in [1.54, 1.807) is 12.3 Å². The number of pyridine rings is 1. The maximum absolute atomic E-state index is 13.0.